The highest BCUT2D eigenvalue weighted by Crippen LogP contribution is 2.50. The number of anilines is 1. The molecule has 2 amide bonds. The largest absolute Gasteiger partial charge is 0.493 e. The molecule has 1 aliphatic carbocycles. The highest BCUT2D eigenvalue weighted by atomic mass is 16.5. The zero-order valence-corrected chi connectivity index (χ0v) is 29.1. The van der Waals surface area contributed by atoms with E-state index < -0.39 is 18.1 Å². The van der Waals surface area contributed by atoms with Gasteiger partial charge in [0.15, 0.2) is 11.5 Å². The molecule has 0 unspecified atom stereocenters. The van der Waals surface area contributed by atoms with Crippen molar-refractivity contribution in [3.63, 3.8) is 0 Å². The molecule has 258 valence electrons. The Labute approximate surface area is 287 Å². The molecule has 1 aromatic heterocycles. The number of methoxy groups -OCH3 is 3. The molecule has 11 nitrogen and oxygen atoms in total. The van der Waals surface area contributed by atoms with Crippen molar-refractivity contribution in [3.05, 3.63) is 99.7 Å². The van der Waals surface area contributed by atoms with E-state index >= 15 is 0 Å². The molecule has 1 heterocycles. The van der Waals surface area contributed by atoms with Crippen molar-refractivity contribution >= 4 is 17.5 Å². The third kappa shape index (κ3) is 7.25. The molecule has 0 aliphatic heterocycles. The van der Waals surface area contributed by atoms with Gasteiger partial charge in [0.2, 0.25) is 23.0 Å². The third-order valence-corrected chi connectivity index (χ3v) is 9.26. The molecular weight excluding hydrogens is 622 g/mol. The fourth-order valence-corrected chi connectivity index (χ4v) is 6.53. The van der Waals surface area contributed by atoms with Crippen LogP contribution in [-0.4, -0.2) is 48.7 Å². The van der Waals surface area contributed by atoms with Crippen molar-refractivity contribution in [2.75, 3.05) is 26.6 Å². The fourth-order valence-electron chi connectivity index (χ4n) is 6.53. The number of amides is 2. The van der Waals surface area contributed by atoms with E-state index in [-0.39, 0.29) is 28.8 Å². The number of ether oxygens (including phenoxy) is 3. The lowest BCUT2D eigenvalue weighted by atomic mass is 9.95. The number of rotatable bonds is 12. The number of hydrogen-bond acceptors (Lipinski definition) is 8. The summed E-state index contributed by atoms with van der Waals surface area (Å²) in [7, 11) is 6.56. The number of fused-ring (bicyclic) bond motifs is 3. The predicted molar refractivity (Wildman–Crippen MR) is 189 cm³/mol. The average Bonchev–Trinajstić information content (AvgIpc) is 3.39. The number of carbonyl (C=O) groups is 2. The highest BCUT2D eigenvalue weighted by molar-refractivity contribution is 5.86. The van der Waals surface area contributed by atoms with Crippen LogP contribution in [0, 0.1) is 5.92 Å². The summed E-state index contributed by atoms with van der Waals surface area (Å²) >= 11 is 0. The Kier molecular flexibility index (Phi) is 10.9. The Morgan fingerprint density at radius 3 is 2.37 bits per heavy atom. The lowest BCUT2D eigenvalue weighted by Gasteiger charge is -2.27. The molecule has 0 fully saturated rings. The van der Waals surface area contributed by atoms with Gasteiger partial charge in [0.25, 0.3) is 0 Å². The Balaban J connectivity index is 1.60. The van der Waals surface area contributed by atoms with Crippen LogP contribution in [0.4, 0.5) is 5.69 Å². The van der Waals surface area contributed by atoms with Crippen LogP contribution in [0.15, 0.2) is 71.8 Å². The second-order valence-corrected chi connectivity index (χ2v) is 12.4. The van der Waals surface area contributed by atoms with Crippen molar-refractivity contribution in [2.45, 2.75) is 58.2 Å². The fraction of sp³-hybridized carbons (Fsp3) is 0.368. The van der Waals surface area contributed by atoms with E-state index in [1.165, 1.54) is 6.92 Å². The van der Waals surface area contributed by atoms with Crippen molar-refractivity contribution < 1.29 is 23.8 Å². The lowest BCUT2D eigenvalue weighted by molar-refractivity contribution is -0.123. The second-order valence-electron chi connectivity index (χ2n) is 12.4. The van der Waals surface area contributed by atoms with Crippen LogP contribution in [0.25, 0.3) is 11.1 Å². The van der Waals surface area contributed by atoms with Crippen LogP contribution in [0.3, 0.4) is 0 Å². The molecule has 0 bridgehead atoms. The minimum atomic E-state index is -0.747. The summed E-state index contributed by atoms with van der Waals surface area (Å²) in [5.41, 5.74) is 3.85. The number of carbonyl (C=O) groups excluding carboxylic acids is 2. The maximum Gasteiger partial charge on any atom is 0.243 e. The monoisotopic (exact) mass is 667 g/mol. The van der Waals surface area contributed by atoms with E-state index in [1.54, 1.807) is 39.7 Å². The predicted octanol–water partition coefficient (Wildman–Crippen LogP) is 5.33. The molecule has 3 N–H and O–H groups in total. The van der Waals surface area contributed by atoms with Crippen LogP contribution in [-0.2, 0) is 23.1 Å². The minimum Gasteiger partial charge on any atom is -0.493 e. The smallest absolute Gasteiger partial charge is 0.243 e. The number of benzene rings is 2. The van der Waals surface area contributed by atoms with Gasteiger partial charge < -0.3 is 34.7 Å². The van der Waals surface area contributed by atoms with Gasteiger partial charge in [-0.15, -0.1) is 0 Å². The molecule has 3 aromatic carbocycles. The van der Waals surface area contributed by atoms with Crippen molar-refractivity contribution in [3.8, 4) is 28.4 Å². The Bertz CT molecular complexity index is 1870. The average molecular weight is 668 g/mol. The van der Waals surface area contributed by atoms with Gasteiger partial charge in [-0.05, 0) is 59.2 Å². The van der Waals surface area contributed by atoms with Gasteiger partial charge in [-0.3, -0.25) is 14.4 Å². The molecule has 4 atom stereocenters. The molecule has 1 aliphatic rings. The molecular formula is C38H45N5O6. The van der Waals surface area contributed by atoms with Crippen LogP contribution in [0.2, 0.25) is 0 Å². The Morgan fingerprint density at radius 1 is 1.02 bits per heavy atom. The number of nitrogens with one attached hydrogen (secondary N) is 3. The van der Waals surface area contributed by atoms with Gasteiger partial charge in [0.1, 0.15) is 17.9 Å². The summed E-state index contributed by atoms with van der Waals surface area (Å²) in [6.07, 6.45) is 5.35. The van der Waals surface area contributed by atoms with Gasteiger partial charge in [-0.2, -0.15) is 0 Å². The van der Waals surface area contributed by atoms with E-state index in [2.05, 4.69) is 20.9 Å². The maximum absolute atomic E-state index is 14.2. The number of imidazole rings is 1. The first-order chi connectivity index (χ1) is 23.6. The summed E-state index contributed by atoms with van der Waals surface area (Å²) in [4.78, 5) is 45.2. The third-order valence-electron chi connectivity index (χ3n) is 9.26. The summed E-state index contributed by atoms with van der Waals surface area (Å²) < 4.78 is 19.1. The SMILES string of the molecule is CC[C@@H](C)[C@H](Nc1ccc2c(cc1=O)[C@@H](NC(C)=O)CCc1cc(OC)c(OC)c(OC)c1-2)C(=O)N[C@@H](c1ccccc1)c1nccn1C. The molecule has 4 aromatic rings. The van der Waals surface area contributed by atoms with Gasteiger partial charge in [0, 0.05) is 31.9 Å². The van der Waals surface area contributed by atoms with Crippen molar-refractivity contribution in [1.82, 2.24) is 20.2 Å². The number of hydrogen-bond donors (Lipinski definition) is 3. The topological polar surface area (TPSA) is 133 Å². The van der Waals surface area contributed by atoms with E-state index in [4.69, 9.17) is 14.2 Å². The number of nitrogens with zero attached hydrogens (tertiary/aromatic N) is 2. The van der Waals surface area contributed by atoms with E-state index in [0.29, 0.717) is 53.5 Å². The number of aryl methyl sites for hydroxylation is 2. The van der Waals surface area contributed by atoms with Gasteiger partial charge in [0.05, 0.1) is 33.1 Å². The van der Waals surface area contributed by atoms with Crippen molar-refractivity contribution in [2.24, 2.45) is 13.0 Å². The van der Waals surface area contributed by atoms with E-state index in [0.717, 1.165) is 16.7 Å². The van der Waals surface area contributed by atoms with E-state index in [9.17, 15) is 14.4 Å². The molecule has 0 saturated heterocycles. The van der Waals surface area contributed by atoms with Gasteiger partial charge >= 0.3 is 0 Å². The summed E-state index contributed by atoms with van der Waals surface area (Å²) in [5, 5.41) is 9.55. The Morgan fingerprint density at radius 2 is 1.76 bits per heavy atom. The van der Waals surface area contributed by atoms with Crippen molar-refractivity contribution in [1.29, 1.82) is 0 Å². The second kappa shape index (κ2) is 15.3. The minimum absolute atomic E-state index is 0.134. The van der Waals surface area contributed by atoms with Crippen LogP contribution in [0.1, 0.15) is 68.2 Å². The Hall–Kier alpha value is -5.32. The molecule has 0 saturated carbocycles. The quantitative estimate of drug-likeness (QED) is 0.185. The zero-order chi connectivity index (χ0) is 35.2. The van der Waals surface area contributed by atoms with Crippen LogP contribution >= 0.6 is 0 Å². The molecule has 0 spiro atoms. The summed E-state index contributed by atoms with van der Waals surface area (Å²) in [6.45, 7) is 5.45. The highest BCUT2D eigenvalue weighted by Gasteiger charge is 2.32. The first-order valence-electron chi connectivity index (χ1n) is 16.5. The summed E-state index contributed by atoms with van der Waals surface area (Å²) in [5.74, 6) is 1.48. The molecule has 49 heavy (non-hydrogen) atoms. The van der Waals surface area contributed by atoms with Crippen LogP contribution < -0.4 is 35.6 Å². The first kappa shape index (κ1) is 35.0. The van der Waals surface area contributed by atoms with E-state index in [1.807, 2.05) is 74.1 Å². The van der Waals surface area contributed by atoms with Crippen LogP contribution in [0.5, 0.6) is 17.2 Å². The molecule has 5 rings (SSSR count). The first-order valence-corrected chi connectivity index (χ1v) is 16.5. The normalized spacial score (nSPS) is 15.4. The standard InChI is InChI=1S/C38H45N5O6/c1-8-22(2)33(38(46)42-34(24-12-10-9-11-13-24)37-39-18-19-43(37)4)41-29-17-15-26-27(21-30(29)45)28(40-23(3)44)16-14-25-20-31(47-5)35(48-6)36(49-7)32(25)26/h9-13,15,17-22,28,33-34H,8,14,16H2,1-7H3,(H,40,44)(H,41,45)(H,42,46)/t22-,28+,33+,34+/m1/s1. The van der Waals surface area contributed by atoms with Gasteiger partial charge in [-0.25, -0.2) is 4.98 Å². The molecule has 11 heteroatoms. The molecule has 0 radical (unpaired) electrons. The number of aromatic nitrogens is 2. The zero-order valence-electron chi connectivity index (χ0n) is 29.1. The lowest BCUT2D eigenvalue weighted by Crippen LogP contribution is -2.46. The summed E-state index contributed by atoms with van der Waals surface area (Å²) in [6, 6.07) is 15.0. The van der Waals surface area contributed by atoms with Gasteiger partial charge in [-0.1, -0.05) is 56.7 Å². The maximum atomic E-state index is 14.2.